The molecule has 0 bridgehead atoms. The topological polar surface area (TPSA) is 185 Å². The van der Waals surface area contributed by atoms with Crippen LogP contribution in [0.1, 0.15) is 57.5 Å². The lowest BCUT2D eigenvalue weighted by Gasteiger charge is -2.34. The van der Waals surface area contributed by atoms with Crippen molar-refractivity contribution >= 4 is 69.1 Å². The first-order valence-electron chi connectivity index (χ1n) is 20.9. The SMILES string of the molecule is COc1cc(Nc2c(C#N)cnc3cc(OCCCN4CCN(CCOCCOCCCc5cccc6c5C(=O)N(C5CCC(=O)NC5=O)C6=O)CC4)c(OC)cc23)c(Cl)cc1Cl. The molecule has 3 aromatic carbocycles. The van der Waals surface area contributed by atoms with Crippen molar-refractivity contribution in [1.82, 2.24) is 25.0 Å². The minimum atomic E-state index is -0.988. The van der Waals surface area contributed by atoms with Gasteiger partial charge in [0.15, 0.2) is 11.5 Å². The molecule has 332 valence electrons. The van der Waals surface area contributed by atoms with Crippen molar-refractivity contribution < 1.29 is 42.9 Å². The maximum absolute atomic E-state index is 13.3. The second-order valence-corrected chi connectivity index (χ2v) is 16.1. The fraction of sp³-hybridized carbons (Fsp3) is 0.422. The Balaban J connectivity index is 0.774. The second-order valence-electron chi connectivity index (χ2n) is 15.3. The number of amides is 4. The Kier molecular flexibility index (Phi) is 15.3. The summed E-state index contributed by atoms with van der Waals surface area (Å²) in [6.45, 7) is 8.00. The van der Waals surface area contributed by atoms with Crippen LogP contribution >= 0.6 is 23.2 Å². The van der Waals surface area contributed by atoms with Crippen molar-refractivity contribution in [3.63, 3.8) is 0 Å². The average molecular weight is 903 g/mol. The van der Waals surface area contributed by atoms with Crippen molar-refractivity contribution in [1.29, 1.82) is 5.26 Å². The zero-order valence-corrected chi connectivity index (χ0v) is 36.7. The number of hydrogen-bond donors (Lipinski definition) is 2. The van der Waals surface area contributed by atoms with E-state index in [4.69, 9.17) is 46.9 Å². The summed E-state index contributed by atoms with van der Waals surface area (Å²) in [5, 5.41) is 16.8. The Labute approximate surface area is 375 Å². The van der Waals surface area contributed by atoms with Gasteiger partial charge in [0.1, 0.15) is 17.9 Å². The molecule has 0 spiro atoms. The summed E-state index contributed by atoms with van der Waals surface area (Å²) in [6, 6.07) is 13.2. The molecule has 3 aliphatic rings. The molecule has 16 nitrogen and oxygen atoms in total. The summed E-state index contributed by atoms with van der Waals surface area (Å²) in [5.41, 5.74) is 3.31. The van der Waals surface area contributed by atoms with Gasteiger partial charge in [-0.25, -0.2) is 0 Å². The number of aromatic nitrogens is 1. The molecule has 4 heterocycles. The minimum absolute atomic E-state index is 0.0790. The number of ether oxygens (including phenoxy) is 5. The average Bonchev–Trinajstić information content (AvgIpc) is 3.54. The molecule has 0 radical (unpaired) electrons. The number of anilines is 2. The quantitative estimate of drug-likeness (QED) is 0.0822. The van der Waals surface area contributed by atoms with Crippen molar-refractivity contribution in [2.24, 2.45) is 0 Å². The number of benzene rings is 3. The van der Waals surface area contributed by atoms with E-state index in [1.165, 1.54) is 13.3 Å². The molecule has 2 saturated heterocycles. The summed E-state index contributed by atoms with van der Waals surface area (Å²) < 4.78 is 28.9. The summed E-state index contributed by atoms with van der Waals surface area (Å²) >= 11 is 12.7. The largest absolute Gasteiger partial charge is 0.495 e. The van der Waals surface area contributed by atoms with Crippen LogP contribution in [0.2, 0.25) is 10.0 Å². The molecular formula is C45H49Cl2N7O9. The van der Waals surface area contributed by atoms with Crippen LogP contribution in [-0.2, 0) is 25.5 Å². The summed E-state index contributed by atoms with van der Waals surface area (Å²) in [5.74, 6) is -0.520. The van der Waals surface area contributed by atoms with Crippen LogP contribution in [0, 0.1) is 11.3 Å². The Morgan fingerprint density at radius 2 is 1.59 bits per heavy atom. The van der Waals surface area contributed by atoms with Crippen molar-refractivity contribution in [2.75, 3.05) is 91.8 Å². The van der Waals surface area contributed by atoms with Crippen LogP contribution < -0.4 is 24.8 Å². The van der Waals surface area contributed by atoms with E-state index in [-0.39, 0.29) is 18.4 Å². The predicted octanol–water partition coefficient (Wildman–Crippen LogP) is 5.63. The Morgan fingerprint density at radius 1 is 0.841 bits per heavy atom. The molecule has 0 aliphatic carbocycles. The third-order valence-electron chi connectivity index (χ3n) is 11.3. The van der Waals surface area contributed by atoms with E-state index in [1.807, 2.05) is 12.1 Å². The number of imide groups is 2. The van der Waals surface area contributed by atoms with E-state index in [2.05, 4.69) is 31.5 Å². The number of rotatable bonds is 20. The number of fused-ring (bicyclic) bond motifs is 2. The molecule has 0 saturated carbocycles. The zero-order valence-electron chi connectivity index (χ0n) is 35.2. The van der Waals surface area contributed by atoms with Crippen LogP contribution in [-0.4, -0.2) is 136 Å². The number of pyridine rings is 1. The van der Waals surface area contributed by atoms with Gasteiger partial charge in [0.2, 0.25) is 11.8 Å². The molecule has 7 rings (SSSR count). The van der Waals surface area contributed by atoms with Crippen molar-refractivity contribution in [3.8, 4) is 23.3 Å². The first kappa shape index (κ1) is 45.5. The molecule has 18 heteroatoms. The molecular weight excluding hydrogens is 853 g/mol. The van der Waals surface area contributed by atoms with Crippen molar-refractivity contribution in [2.45, 2.75) is 38.1 Å². The number of nitriles is 1. The zero-order chi connectivity index (χ0) is 44.5. The highest BCUT2D eigenvalue weighted by molar-refractivity contribution is 6.37. The second kappa shape index (κ2) is 21.2. The van der Waals surface area contributed by atoms with E-state index in [0.29, 0.717) is 107 Å². The maximum atomic E-state index is 13.3. The van der Waals surface area contributed by atoms with E-state index in [1.54, 1.807) is 37.4 Å². The molecule has 4 amide bonds. The first-order valence-corrected chi connectivity index (χ1v) is 21.6. The van der Waals surface area contributed by atoms with E-state index < -0.39 is 29.7 Å². The molecule has 1 unspecified atom stereocenters. The van der Waals surface area contributed by atoms with Gasteiger partial charge in [-0.3, -0.25) is 39.3 Å². The lowest BCUT2D eigenvalue weighted by Crippen LogP contribution is -2.54. The van der Waals surface area contributed by atoms with Crippen LogP contribution in [0.3, 0.4) is 0 Å². The Bertz CT molecular complexity index is 2400. The van der Waals surface area contributed by atoms with E-state index >= 15 is 0 Å². The van der Waals surface area contributed by atoms with Gasteiger partial charge >= 0.3 is 0 Å². The third-order valence-corrected chi connectivity index (χ3v) is 11.9. The number of halogens is 2. The van der Waals surface area contributed by atoms with Gasteiger partial charge in [-0.05, 0) is 49.4 Å². The maximum Gasteiger partial charge on any atom is 0.262 e. The summed E-state index contributed by atoms with van der Waals surface area (Å²) in [4.78, 5) is 60.7. The van der Waals surface area contributed by atoms with Crippen LogP contribution in [0.25, 0.3) is 10.9 Å². The predicted molar refractivity (Wildman–Crippen MR) is 235 cm³/mol. The van der Waals surface area contributed by atoms with Crippen LogP contribution in [0.5, 0.6) is 17.2 Å². The highest BCUT2D eigenvalue weighted by Gasteiger charge is 2.45. The number of carbonyl (C=O) groups excluding carboxylic acids is 4. The fourth-order valence-electron chi connectivity index (χ4n) is 7.99. The molecule has 1 atom stereocenters. The molecule has 2 fully saturated rings. The van der Waals surface area contributed by atoms with Gasteiger partial charge in [-0.2, -0.15) is 5.26 Å². The lowest BCUT2D eigenvalue weighted by molar-refractivity contribution is -0.136. The summed E-state index contributed by atoms with van der Waals surface area (Å²) in [7, 11) is 3.08. The Hall–Kier alpha value is -5.54. The standard InChI is InChI=1S/C45H49Cl2N7O9/c1-59-37-25-35(32(46)23-33(37)47)50-42-29(26-48)27-49-34-24-39(38(60-2)22-31(34)42)63-18-5-11-52-12-14-53(15-13-52)16-19-62-21-20-61-17-4-7-28-6-3-8-30-41(28)45(58)54(44(30)57)36-9-10-40(55)51-43(36)56/h3,6,8,22-25,27,36H,4-5,7,9-21H2,1-2H3,(H,49,50)(H,51,55,56). The minimum Gasteiger partial charge on any atom is -0.495 e. The normalized spacial score (nSPS) is 16.9. The van der Waals surface area contributed by atoms with E-state index in [9.17, 15) is 24.4 Å². The number of piperazine rings is 1. The molecule has 1 aromatic heterocycles. The van der Waals surface area contributed by atoms with Gasteiger partial charge < -0.3 is 33.9 Å². The summed E-state index contributed by atoms with van der Waals surface area (Å²) in [6.07, 6.45) is 3.71. The monoisotopic (exact) mass is 901 g/mol. The lowest BCUT2D eigenvalue weighted by atomic mass is 9.99. The number of nitrogens with zero attached hydrogens (tertiary/aromatic N) is 5. The smallest absolute Gasteiger partial charge is 0.262 e. The van der Waals surface area contributed by atoms with Crippen LogP contribution in [0.15, 0.2) is 48.7 Å². The molecule has 3 aliphatic heterocycles. The molecule has 2 N–H and O–H groups in total. The molecule has 63 heavy (non-hydrogen) atoms. The van der Waals surface area contributed by atoms with Gasteiger partial charge in [0.25, 0.3) is 11.8 Å². The first-order chi connectivity index (χ1) is 30.6. The van der Waals surface area contributed by atoms with Gasteiger partial charge in [-0.15, -0.1) is 0 Å². The number of nitrogens with one attached hydrogen (secondary N) is 2. The number of piperidine rings is 1. The van der Waals surface area contributed by atoms with E-state index in [0.717, 1.165) is 56.2 Å². The van der Waals surface area contributed by atoms with Crippen LogP contribution in [0.4, 0.5) is 11.4 Å². The van der Waals surface area contributed by atoms with Crippen molar-refractivity contribution in [3.05, 3.63) is 81.0 Å². The number of hydrogen-bond acceptors (Lipinski definition) is 14. The van der Waals surface area contributed by atoms with Gasteiger partial charge in [0, 0.05) is 76.0 Å². The Morgan fingerprint density at radius 3 is 2.32 bits per heavy atom. The molecule has 4 aromatic rings. The fourth-order valence-corrected chi connectivity index (χ4v) is 8.50. The number of methoxy groups -OCH3 is 2. The highest BCUT2D eigenvalue weighted by atomic mass is 35.5. The van der Waals surface area contributed by atoms with Gasteiger partial charge in [-0.1, -0.05) is 35.3 Å². The van der Waals surface area contributed by atoms with Gasteiger partial charge in [0.05, 0.1) is 84.3 Å². The number of aryl methyl sites for hydroxylation is 1. The third kappa shape index (κ3) is 10.6. The number of carbonyl (C=O) groups is 4. The highest BCUT2D eigenvalue weighted by Crippen LogP contribution is 2.40.